The van der Waals surface area contributed by atoms with Crippen molar-refractivity contribution in [1.29, 1.82) is 0 Å². The van der Waals surface area contributed by atoms with Crippen LogP contribution in [0.25, 0.3) is 11.1 Å². The van der Waals surface area contributed by atoms with Crippen LogP contribution in [0, 0.1) is 0 Å². The summed E-state index contributed by atoms with van der Waals surface area (Å²) in [6, 6.07) is 8.59. The summed E-state index contributed by atoms with van der Waals surface area (Å²) >= 11 is 0. The van der Waals surface area contributed by atoms with Crippen LogP contribution in [0.3, 0.4) is 0 Å². The first-order valence-corrected chi connectivity index (χ1v) is 7.06. The maximum absolute atomic E-state index is 13.0. The van der Waals surface area contributed by atoms with Gasteiger partial charge < -0.3 is 10.4 Å². The number of hydrogen-bond donors (Lipinski definition) is 2. The second-order valence-corrected chi connectivity index (χ2v) is 5.04. The van der Waals surface area contributed by atoms with Crippen molar-refractivity contribution in [2.75, 3.05) is 6.54 Å². The number of carboxylic acid groups (broad SMARTS) is 1. The SMILES string of the molecule is CCNC(=O)c1cccc(-c2cc(C(=O)O)cc(C(F)(F)F)c2)c1. The van der Waals surface area contributed by atoms with E-state index in [0.717, 1.165) is 12.1 Å². The molecule has 2 N–H and O–H groups in total. The number of aromatic carboxylic acids is 1. The molecule has 0 aliphatic heterocycles. The lowest BCUT2D eigenvalue weighted by atomic mass is 9.98. The van der Waals surface area contributed by atoms with Gasteiger partial charge in [-0.3, -0.25) is 4.79 Å². The van der Waals surface area contributed by atoms with Crippen molar-refractivity contribution in [1.82, 2.24) is 5.32 Å². The number of carbonyl (C=O) groups excluding carboxylic acids is 1. The number of benzene rings is 2. The molecule has 2 rings (SSSR count). The number of alkyl halides is 3. The summed E-state index contributed by atoms with van der Waals surface area (Å²) in [5, 5.41) is 11.6. The summed E-state index contributed by atoms with van der Waals surface area (Å²) in [5.74, 6) is -1.81. The van der Waals surface area contributed by atoms with Gasteiger partial charge in [-0.2, -0.15) is 13.2 Å². The quantitative estimate of drug-likeness (QED) is 0.891. The molecule has 0 unspecified atom stereocenters. The van der Waals surface area contributed by atoms with Gasteiger partial charge in [0.25, 0.3) is 5.91 Å². The first-order valence-electron chi connectivity index (χ1n) is 7.06. The summed E-state index contributed by atoms with van der Waals surface area (Å²) < 4.78 is 38.9. The lowest BCUT2D eigenvalue weighted by Crippen LogP contribution is -2.22. The molecule has 0 bridgehead atoms. The van der Waals surface area contributed by atoms with Crippen molar-refractivity contribution >= 4 is 11.9 Å². The van der Waals surface area contributed by atoms with E-state index < -0.39 is 23.3 Å². The van der Waals surface area contributed by atoms with Crippen LogP contribution in [-0.4, -0.2) is 23.5 Å². The Morgan fingerprint density at radius 1 is 1.04 bits per heavy atom. The molecule has 7 heteroatoms. The van der Waals surface area contributed by atoms with Gasteiger partial charge >= 0.3 is 12.1 Å². The summed E-state index contributed by atoms with van der Waals surface area (Å²) in [4.78, 5) is 22.9. The molecule has 0 radical (unpaired) electrons. The van der Waals surface area contributed by atoms with E-state index in [-0.39, 0.29) is 17.0 Å². The smallest absolute Gasteiger partial charge is 0.416 e. The maximum atomic E-state index is 13.0. The second kappa shape index (κ2) is 6.74. The van der Waals surface area contributed by atoms with E-state index in [2.05, 4.69) is 5.32 Å². The number of halogens is 3. The van der Waals surface area contributed by atoms with E-state index in [1.54, 1.807) is 6.92 Å². The van der Waals surface area contributed by atoms with Gasteiger partial charge in [0.2, 0.25) is 0 Å². The molecule has 0 aliphatic rings. The molecule has 0 atom stereocenters. The Labute approximate surface area is 135 Å². The Kier molecular flexibility index (Phi) is 4.92. The number of hydrogen-bond acceptors (Lipinski definition) is 2. The van der Waals surface area contributed by atoms with Crippen LogP contribution in [-0.2, 0) is 6.18 Å². The minimum atomic E-state index is -4.67. The molecular weight excluding hydrogens is 323 g/mol. The first kappa shape index (κ1) is 17.5. The third-order valence-electron chi connectivity index (χ3n) is 3.30. The number of carbonyl (C=O) groups is 2. The predicted octanol–water partition coefficient (Wildman–Crippen LogP) is 3.82. The third-order valence-corrected chi connectivity index (χ3v) is 3.30. The highest BCUT2D eigenvalue weighted by molar-refractivity contribution is 5.96. The normalized spacial score (nSPS) is 11.2. The Bertz CT molecular complexity index is 785. The zero-order chi connectivity index (χ0) is 17.9. The monoisotopic (exact) mass is 337 g/mol. The molecule has 0 aliphatic carbocycles. The second-order valence-electron chi connectivity index (χ2n) is 5.04. The Balaban J connectivity index is 2.55. The zero-order valence-corrected chi connectivity index (χ0v) is 12.6. The van der Waals surface area contributed by atoms with Crippen LogP contribution in [0.2, 0.25) is 0 Å². The zero-order valence-electron chi connectivity index (χ0n) is 12.6. The fourth-order valence-electron chi connectivity index (χ4n) is 2.18. The summed E-state index contributed by atoms with van der Waals surface area (Å²) in [5.41, 5.74) is -0.839. The van der Waals surface area contributed by atoms with Crippen molar-refractivity contribution in [3.8, 4) is 11.1 Å². The molecule has 0 saturated carbocycles. The highest BCUT2D eigenvalue weighted by Gasteiger charge is 2.32. The fraction of sp³-hybridized carbons (Fsp3) is 0.176. The molecule has 1 amide bonds. The van der Waals surface area contributed by atoms with E-state index in [0.29, 0.717) is 18.2 Å². The van der Waals surface area contributed by atoms with Crippen LogP contribution in [0.15, 0.2) is 42.5 Å². The molecule has 4 nitrogen and oxygen atoms in total. The first-order chi connectivity index (χ1) is 11.2. The Morgan fingerprint density at radius 3 is 2.29 bits per heavy atom. The van der Waals surface area contributed by atoms with Crippen molar-refractivity contribution in [2.45, 2.75) is 13.1 Å². The van der Waals surface area contributed by atoms with Crippen molar-refractivity contribution in [3.05, 3.63) is 59.2 Å². The van der Waals surface area contributed by atoms with Crippen LogP contribution in [0.5, 0.6) is 0 Å². The molecule has 0 aromatic heterocycles. The average molecular weight is 337 g/mol. The average Bonchev–Trinajstić information content (AvgIpc) is 2.54. The fourth-order valence-corrected chi connectivity index (χ4v) is 2.18. The highest BCUT2D eigenvalue weighted by Crippen LogP contribution is 2.33. The van der Waals surface area contributed by atoms with Gasteiger partial charge in [-0.05, 0) is 48.4 Å². The number of carboxylic acids is 1. The number of rotatable bonds is 4. The van der Waals surface area contributed by atoms with Crippen LogP contribution in [0.1, 0.15) is 33.2 Å². The molecule has 2 aromatic rings. The van der Waals surface area contributed by atoms with Gasteiger partial charge in [0.05, 0.1) is 11.1 Å². The minimum absolute atomic E-state index is 0.0772. The number of amides is 1. The van der Waals surface area contributed by atoms with Gasteiger partial charge in [0, 0.05) is 12.1 Å². The van der Waals surface area contributed by atoms with Crippen molar-refractivity contribution in [3.63, 3.8) is 0 Å². The molecule has 0 saturated heterocycles. The molecule has 126 valence electrons. The summed E-state index contributed by atoms with van der Waals surface area (Å²) in [6.45, 7) is 2.16. The van der Waals surface area contributed by atoms with Gasteiger partial charge in [-0.15, -0.1) is 0 Å². The van der Waals surface area contributed by atoms with E-state index >= 15 is 0 Å². The van der Waals surface area contributed by atoms with Crippen molar-refractivity contribution in [2.24, 2.45) is 0 Å². The van der Waals surface area contributed by atoms with Gasteiger partial charge in [0.1, 0.15) is 0 Å². The van der Waals surface area contributed by atoms with Crippen LogP contribution >= 0.6 is 0 Å². The molecule has 2 aromatic carbocycles. The lowest BCUT2D eigenvalue weighted by molar-refractivity contribution is -0.137. The molecule has 0 spiro atoms. The largest absolute Gasteiger partial charge is 0.478 e. The Morgan fingerprint density at radius 2 is 1.71 bits per heavy atom. The van der Waals surface area contributed by atoms with Crippen LogP contribution < -0.4 is 5.32 Å². The molecular formula is C17H14F3NO3. The predicted molar refractivity (Wildman–Crippen MR) is 81.8 cm³/mol. The summed E-state index contributed by atoms with van der Waals surface area (Å²) in [6.07, 6.45) is -4.67. The number of nitrogens with one attached hydrogen (secondary N) is 1. The molecule has 0 fully saturated rings. The minimum Gasteiger partial charge on any atom is -0.478 e. The third kappa shape index (κ3) is 3.92. The van der Waals surface area contributed by atoms with Gasteiger partial charge in [-0.25, -0.2) is 4.79 Å². The van der Waals surface area contributed by atoms with Gasteiger partial charge in [-0.1, -0.05) is 12.1 Å². The maximum Gasteiger partial charge on any atom is 0.416 e. The lowest BCUT2D eigenvalue weighted by Gasteiger charge is -2.12. The van der Waals surface area contributed by atoms with E-state index in [9.17, 15) is 22.8 Å². The van der Waals surface area contributed by atoms with Crippen LogP contribution in [0.4, 0.5) is 13.2 Å². The van der Waals surface area contributed by atoms with E-state index in [1.807, 2.05) is 0 Å². The Hall–Kier alpha value is -2.83. The standard InChI is InChI=1S/C17H14F3NO3/c1-2-21-15(22)11-5-3-4-10(6-11)12-7-13(16(23)24)9-14(8-12)17(18,19)20/h3-9H,2H2,1H3,(H,21,22)(H,23,24). The molecule has 0 heterocycles. The summed E-state index contributed by atoms with van der Waals surface area (Å²) in [7, 11) is 0. The van der Waals surface area contributed by atoms with E-state index in [1.165, 1.54) is 24.3 Å². The van der Waals surface area contributed by atoms with Crippen molar-refractivity contribution < 1.29 is 27.9 Å². The van der Waals surface area contributed by atoms with Gasteiger partial charge in [0.15, 0.2) is 0 Å². The van der Waals surface area contributed by atoms with E-state index in [4.69, 9.17) is 5.11 Å². The molecule has 24 heavy (non-hydrogen) atoms. The highest BCUT2D eigenvalue weighted by atomic mass is 19.4. The topological polar surface area (TPSA) is 66.4 Å².